The lowest BCUT2D eigenvalue weighted by atomic mass is 10.3. The van der Waals surface area contributed by atoms with Crippen LogP contribution in [0.5, 0.6) is 0 Å². The highest BCUT2D eigenvalue weighted by molar-refractivity contribution is 4.79. The maximum Gasteiger partial charge on any atom is 0.0204 e. The minimum Gasteiger partial charge on any atom is -0.316 e. The Morgan fingerprint density at radius 1 is 1.55 bits per heavy atom. The molecule has 0 aromatic carbocycles. The van der Waals surface area contributed by atoms with Crippen LogP contribution in [0.2, 0.25) is 0 Å². The van der Waals surface area contributed by atoms with Gasteiger partial charge >= 0.3 is 0 Å². The lowest BCUT2D eigenvalue weighted by Crippen LogP contribution is -2.30. The SMILES string of the molecule is CCCCN1CC[C@@H](NC)C1. The van der Waals surface area contributed by atoms with Crippen molar-refractivity contribution in [3.05, 3.63) is 0 Å². The summed E-state index contributed by atoms with van der Waals surface area (Å²) >= 11 is 0. The van der Waals surface area contributed by atoms with E-state index in [2.05, 4.69) is 24.2 Å². The average Bonchev–Trinajstić information content (AvgIpc) is 2.48. The molecular weight excluding hydrogens is 136 g/mol. The van der Waals surface area contributed by atoms with Crippen LogP contribution in [0.25, 0.3) is 0 Å². The Labute approximate surface area is 70.0 Å². The molecule has 0 radical (unpaired) electrons. The maximum absolute atomic E-state index is 3.33. The Hall–Kier alpha value is -0.0800. The third kappa shape index (κ3) is 2.80. The molecule has 1 N–H and O–H groups in total. The van der Waals surface area contributed by atoms with Gasteiger partial charge in [0.25, 0.3) is 0 Å². The fraction of sp³-hybridized carbons (Fsp3) is 1.00. The second-order valence-electron chi connectivity index (χ2n) is 3.43. The molecule has 1 aliphatic rings. The molecule has 1 aliphatic heterocycles. The number of likely N-dealkylation sites (tertiary alicyclic amines) is 1. The summed E-state index contributed by atoms with van der Waals surface area (Å²) in [5.74, 6) is 0. The van der Waals surface area contributed by atoms with E-state index in [1.54, 1.807) is 0 Å². The zero-order valence-electron chi connectivity index (χ0n) is 7.77. The number of rotatable bonds is 4. The molecule has 0 unspecified atom stereocenters. The van der Waals surface area contributed by atoms with Gasteiger partial charge in [-0.15, -0.1) is 0 Å². The predicted molar refractivity (Wildman–Crippen MR) is 48.8 cm³/mol. The fourth-order valence-corrected chi connectivity index (χ4v) is 1.65. The molecule has 0 spiro atoms. The lowest BCUT2D eigenvalue weighted by Gasteiger charge is -2.14. The Morgan fingerprint density at radius 3 is 2.91 bits per heavy atom. The summed E-state index contributed by atoms with van der Waals surface area (Å²) in [6.07, 6.45) is 4.01. The Balaban J connectivity index is 2.09. The van der Waals surface area contributed by atoms with Crippen LogP contribution >= 0.6 is 0 Å². The van der Waals surface area contributed by atoms with Crippen molar-refractivity contribution in [2.24, 2.45) is 0 Å². The largest absolute Gasteiger partial charge is 0.316 e. The number of hydrogen-bond acceptors (Lipinski definition) is 2. The van der Waals surface area contributed by atoms with Crippen molar-refractivity contribution in [2.75, 3.05) is 26.7 Å². The van der Waals surface area contributed by atoms with E-state index in [4.69, 9.17) is 0 Å². The molecular formula is C9H20N2. The van der Waals surface area contributed by atoms with E-state index in [1.165, 1.54) is 38.9 Å². The average molecular weight is 156 g/mol. The second-order valence-corrected chi connectivity index (χ2v) is 3.43. The smallest absolute Gasteiger partial charge is 0.0204 e. The quantitative estimate of drug-likeness (QED) is 0.655. The Morgan fingerprint density at radius 2 is 2.36 bits per heavy atom. The van der Waals surface area contributed by atoms with Crippen molar-refractivity contribution in [3.8, 4) is 0 Å². The van der Waals surface area contributed by atoms with Gasteiger partial charge in [-0.2, -0.15) is 0 Å². The molecule has 1 saturated heterocycles. The molecule has 66 valence electrons. The van der Waals surface area contributed by atoms with Gasteiger partial charge in [-0.1, -0.05) is 13.3 Å². The van der Waals surface area contributed by atoms with Crippen molar-refractivity contribution in [1.82, 2.24) is 10.2 Å². The normalized spacial score (nSPS) is 26.2. The second kappa shape index (κ2) is 4.73. The molecule has 0 aliphatic carbocycles. The third-order valence-electron chi connectivity index (χ3n) is 2.51. The molecule has 2 nitrogen and oxygen atoms in total. The fourth-order valence-electron chi connectivity index (χ4n) is 1.65. The predicted octanol–water partition coefficient (Wildman–Crippen LogP) is 1.08. The molecule has 2 heteroatoms. The van der Waals surface area contributed by atoms with E-state index in [0.29, 0.717) is 0 Å². The van der Waals surface area contributed by atoms with E-state index >= 15 is 0 Å². The molecule has 1 heterocycles. The van der Waals surface area contributed by atoms with E-state index in [0.717, 1.165) is 6.04 Å². The molecule has 11 heavy (non-hydrogen) atoms. The van der Waals surface area contributed by atoms with Crippen LogP contribution in [0.4, 0.5) is 0 Å². The highest BCUT2D eigenvalue weighted by atomic mass is 15.2. The molecule has 0 bridgehead atoms. The number of nitrogens with zero attached hydrogens (tertiary/aromatic N) is 1. The van der Waals surface area contributed by atoms with Crippen LogP contribution in [0.1, 0.15) is 26.2 Å². The molecule has 0 amide bonds. The minimum absolute atomic E-state index is 0.756. The van der Waals surface area contributed by atoms with Crippen molar-refractivity contribution in [1.29, 1.82) is 0 Å². The van der Waals surface area contributed by atoms with Gasteiger partial charge in [0.2, 0.25) is 0 Å². The van der Waals surface area contributed by atoms with E-state index in [9.17, 15) is 0 Å². The van der Waals surface area contributed by atoms with Gasteiger partial charge in [-0.05, 0) is 33.0 Å². The van der Waals surface area contributed by atoms with Crippen LogP contribution in [-0.4, -0.2) is 37.6 Å². The van der Waals surface area contributed by atoms with Gasteiger partial charge in [-0.25, -0.2) is 0 Å². The first-order valence-electron chi connectivity index (χ1n) is 4.76. The lowest BCUT2D eigenvalue weighted by molar-refractivity contribution is 0.324. The highest BCUT2D eigenvalue weighted by Crippen LogP contribution is 2.08. The van der Waals surface area contributed by atoms with Crippen LogP contribution < -0.4 is 5.32 Å². The molecule has 0 saturated carbocycles. The van der Waals surface area contributed by atoms with Crippen LogP contribution in [0.3, 0.4) is 0 Å². The van der Waals surface area contributed by atoms with Crippen LogP contribution in [0.15, 0.2) is 0 Å². The summed E-state index contributed by atoms with van der Waals surface area (Å²) < 4.78 is 0. The van der Waals surface area contributed by atoms with Crippen molar-refractivity contribution < 1.29 is 0 Å². The number of nitrogens with one attached hydrogen (secondary N) is 1. The summed E-state index contributed by atoms with van der Waals surface area (Å²) in [6.45, 7) is 6.11. The highest BCUT2D eigenvalue weighted by Gasteiger charge is 2.19. The first kappa shape index (κ1) is 9.01. The van der Waals surface area contributed by atoms with Gasteiger partial charge in [0.1, 0.15) is 0 Å². The van der Waals surface area contributed by atoms with Gasteiger partial charge in [0, 0.05) is 12.6 Å². The summed E-state index contributed by atoms with van der Waals surface area (Å²) in [6, 6.07) is 0.756. The van der Waals surface area contributed by atoms with Crippen LogP contribution in [-0.2, 0) is 0 Å². The third-order valence-corrected chi connectivity index (χ3v) is 2.51. The van der Waals surface area contributed by atoms with E-state index < -0.39 is 0 Å². The molecule has 0 aromatic rings. The molecule has 1 fully saturated rings. The first-order chi connectivity index (χ1) is 5.36. The molecule has 1 rings (SSSR count). The monoisotopic (exact) mass is 156 g/mol. The van der Waals surface area contributed by atoms with Crippen LogP contribution in [0, 0.1) is 0 Å². The molecule has 1 atom stereocenters. The summed E-state index contributed by atoms with van der Waals surface area (Å²) in [5.41, 5.74) is 0. The van der Waals surface area contributed by atoms with Gasteiger partial charge in [0.15, 0.2) is 0 Å². The van der Waals surface area contributed by atoms with Crippen molar-refractivity contribution >= 4 is 0 Å². The zero-order chi connectivity index (χ0) is 8.10. The van der Waals surface area contributed by atoms with Gasteiger partial charge in [-0.3, -0.25) is 0 Å². The topological polar surface area (TPSA) is 15.3 Å². The number of hydrogen-bond donors (Lipinski definition) is 1. The van der Waals surface area contributed by atoms with E-state index in [1.807, 2.05) is 0 Å². The van der Waals surface area contributed by atoms with Crippen molar-refractivity contribution in [2.45, 2.75) is 32.2 Å². The first-order valence-corrected chi connectivity index (χ1v) is 4.76. The zero-order valence-corrected chi connectivity index (χ0v) is 7.77. The van der Waals surface area contributed by atoms with Crippen molar-refractivity contribution in [3.63, 3.8) is 0 Å². The molecule has 0 aromatic heterocycles. The van der Waals surface area contributed by atoms with Gasteiger partial charge in [0.05, 0.1) is 0 Å². The number of unbranched alkanes of at least 4 members (excludes halogenated alkanes) is 1. The van der Waals surface area contributed by atoms with Gasteiger partial charge < -0.3 is 10.2 Å². The summed E-state index contributed by atoms with van der Waals surface area (Å²) in [5, 5.41) is 3.33. The Kier molecular flexibility index (Phi) is 3.87. The maximum atomic E-state index is 3.33. The minimum atomic E-state index is 0.756. The van der Waals surface area contributed by atoms with E-state index in [-0.39, 0.29) is 0 Å². The summed E-state index contributed by atoms with van der Waals surface area (Å²) in [7, 11) is 2.06. The number of likely N-dealkylation sites (N-methyl/N-ethyl adjacent to an activating group) is 1. The summed E-state index contributed by atoms with van der Waals surface area (Å²) in [4.78, 5) is 2.56. The standard InChI is InChI=1S/C9H20N2/c1-3-4-6-11-7-5-9(8-11)10-2/h9-10H,3-8H2,1-2H3/t9-/m1/s1. The Bertz CT molecular complexity index is 104.